The van der Waals surface area contributed by atoms with Crippen LogP contribution >= 0.6 is 0 Å². The van der Waals surface area contributed by atoms with E-state index < -0.39 is 71.3 Å². The topological polar surface area (TPSA) is 198 Å². The summed E-state index contributed by atoms with van der Waals surface area (Å²) in [5.74, 6) is -7.19. The SMILES string of the molecule is COC1CC(CC2OC(O)(C(O)C(=O)O)C(C)C(OC)C2(C)OC)OC2(OC(C)(C3CCC(C4CCC(C(O)C(C)C=C(C)C(C)=O)O4)O3)C(OC)C2C)C1C. The van der Waals surface area contributed by atoms with Crippen molar-refractivity contribution in [2.75, 3.05) is 28.4 Å². The monoisotopic (exact) mass is 800 g/mol. The van der Waals surface area contributed by atoms with Gasteiger partial charge in [0.25, 0.3) is 0 Å². The molecule has 0 aromatic carbocycles. The molecule has 0 aromatic heterocycles. The van der Waals surface area contributed by atoms with Crippen LogP contribution in [0, 0.1) is 23.7 Å². The zero-order chi connectivity index (χ0) is 41.7. The van der Waals surface area contributed by atoms with Crippen molar-refractivity contribution in [3.63, 3.8) is 0 Å². The largest absolute Gasteiger partial charge is 0.479 e. The summed E-state index contributed by atoms with van der Waals surface area (Å²) in [4.78, 5) is 23.7. The molecule has 0 radical (unpaired) electrons. The quantitative estimate of drug-likeness (QED) is 0.187. The van der Waals surface area contributed by atoms with E-state index in [2.05, 4.69) is 0 Å². The standard InChI is InChI=1S/C41H68O15/c1-20(25(6)42)17-21(2)33(43)29-14-13-27(52-29)28-15-16-31(53-28)39(8)36(50-11)24(5)41(56-39)22(3)30(48-9)18-26(54-41)19-32-38(7,51-12)35(49-10)23(4)40(47,55-32)34(44)37(45)46/h17,21-24,26-36,43-44,47H,13-16,18-19H2,1-12H3,(H,45,46). The van der Waals surface area contributed by atoms with E-state index in [1.54, 1.807) is 41.1 Å². The molecule has 19 unspecified atom stereocenters. The summed E-state index contributed by atoms with van der Waals surface area (Å²) < 4.78 is 57.8. The van der Waals surface area contributed by atoms with Gasteiger partial charge in [-0.1, -0.05) is 33.8 Å². The maximum absolute atomic E-state index is 12.0. The molecule has 0 aliphatic carbocycles. The van der Waals surface area contributed by atoms with Gasteiger partial charge in [-0.15, -0.1) is 0 Å². The number of carboxylic acid groups (broad SMARTS) is 1. The van der Waals surface area contributed by atoms with Crippen LogP contribution in [0.1, 0.15) is 93.9 Å². The zero-order valence-corrected chi connectivity index (χ0v) is 35.3. The van der Waals surface area contributed by atoms with E-state index >= 15 is 0 Å². The predicted octanol–water partition coefficient (Wildman–Crippen LogP) is 3.17. The van der Waals surface area contributed by atoms with Crippen LogP contribution < -0.4 is 0 Å². The van der Waals surface area contributed by atoms with Crippen molar-refractivity contribution < 1.29 is 72.6 Å². The van der Waals surface area contributed by atoms with E-state index in [4.69, 9.17) is 42.6 Å². The minimum absolute atomic E-state index is 0.0253. The molecule has 4 N–H and O–H groups in total. The molecule has 0 saturated carbocycles. The molecule has 19 atom stereocenters. The fourth-order valence-electron chi connectivity index (χ4n) is 10.7. The Labute approximate surface area is 331 Å². The van der Waals surface area contributed by atoms with Gasteiger partial charge in [-0.25, -0.2) is 4.79 Å². The lowest BCUT2D eigenvalue weighted by Gasteiger charge is -2.56. The number of ether oxygens (including phenoxy) is 9. The molecule has 5 fully saturated rings. The van der Waals surface area contributed by atoms with Crippen molar-refractivity contribution in [2.24, 2.45) is 23.7 Å². The third-order valence-electron chi connectivity index (χ3n) is 14.2. The van der Waals surface area contributed by atoms with Crippen molar-refractivity contribution in [2.45, 2.75) is 184 Å². The number of carbonyl (C=O) groups is 2. The fourth-order valence-corrected chi connectivity index (χ4v) is 10.7. The Bertz CT molecular complexity index is 1430. The van der Waals surface area contributed by atoms with Gasteiger partial charge < -0.3 is 63.1 Å². The first-order chi connectivity index (χ1) is 26.2. The summed E-state index contributed by atoms with van der Waals surface area (Å²) >= 11 is 0. The number of rotatable bonds is 14. The van der Waals surface area contributed by atoms with Gasteiger partial charge in [0.2, 0.25) is 11.9 Å². The fraction of sp³-hybridized carbons (Fsp3) is 0.902. The van der Waals surface area contributed by atoms with Crippen LogP contribution in [-0.2, 0) is 52.2 Å². The highest BCUT2D eigenvalue weighted by atomic mass is 16.7. The van der Waals surface area contributed by atoms with Crippen LogP contribution in [0.5, 0.6) is 0 Å². The summed E-state index contributed by atoms with van der Waals surface area (Å²) in [5, 5.41) is 43.1. The highest BCUT2D eigenvalue weighted by molar-refractivity contribution is 5.92. The van der Waals surface area contributed by atoms with Crippen LogP contribution in [0.4, 0.5) is 0 Å². The maximum Gasteiger partial charge on any atom is 0.338 e. The van der Waals surface area contributed by atoms with Gasteiger partial charge in [0.15, 0.2) is 11.6 Å². The second kappa shape index (κ2) is 17.2. The second-order valence-corrected chi connectivity index (χ2v) is 17.4. The van der Waals surface area contributed by atoms with Gasteiger partial charge in [0.1, 0.15) is 11.2 Å². The third-order valence-corrected chi connectivity index (χ3v) is 14.2. The Kier molecular flexibility index (Phi) is 13.9. The lowest BCUT2D eigenvalue weighted by atomic mass is 9.73. The van der Waals surface area contributed by atoms with Crippen molar-refractivity contribution in [1.29, 1.82) is 0 Å². The molecule has 0 aromatic rings. The average molecular weight is 801 g/mol. The minimum Gasteiger partial charge on any atom is -0.479 e. The number of aliphatic carboxylic acids is 1. The smallest absolute Gasteiger partial charge is 0.338 e. The molecule has 322 valence electrons. The zero-order valence-electron chi connectivity index (χ0n) is 35.3. The molecule has 5 rings (SSSR count). The van der Waals surface area contributed by atoms with Crippen LogP contribution in [0.15, 0.2) is 11.6 Å². The Morgan fingerprint density at radius 2 is 1.48 bits per heavy atom. The van der Waals surface area contributed by atoms with Crippen LogP contribution in [0.2, 0.25) is 0 Å². The summed E-state index contributed by atoms with van der Waals surface area (Å²) in [6.07, 6.45) is -2.28. The lowest BCUT2D eigenvalue weighted by Crippen LogP contribution is -2.72. The number of aliphatic hydroxyl groups excluding tert-OH is 2. The predicted molar refractivity (Wildman–Crippen MR) is 200 cm³/mol. The number of hydrogen-bond donors (Lipinski definition) is 4. The maximum atomic E-state index is 12.0. The molecule has 0 bridgehead atoms. The van der Waals surface area contributed by atoms with E-state index in [-0.39, 0.29) is 60.5 Å². The molecule has 5 saturated heterocycles. The molecular formula is C41H68O15. The van der Waals surface area contributed by atoms with Gasteiger partial charge >= 0.3 is 5.97 Å². The number of Topliss-reactive ketones (excluding diaryl/α,β-unsaturated/α-hetero) is 1. The molecular weight excluding hydrogens is 732 g/mol. The minimum atomic E-state index is -2.49. The Morgan fingerprint density at radius 1 is 0.857 bits per heavy atom. The molecule has 1 spiro atoms. The Morgan fingerprint density at radius 3 is 2.05 bits per heavy atom. The average Bonchev–Trinajstić information content (AvgIpc) is 3.90. The third kappa shape index (κ3) is 7.78. The van der Waals surface area contributed by atoms with E-state index in [1.165, 1.54) is 21.1 Å². The lowest BCUT2D eigenvalue weighted by molar-refractivity contribution is -0.389. The van der Waals surface area contributed by atoms with Crippen LogP contribution in [0.25, 0.3) is 0 Å². The van der Waals surface area contributed by atoms with Crippen molar-refractivity contribution in [1.82, 2.24) is 0 Å². The molecule has 5 heterocycles. The first-order valence-corrected chi connectivity index (χ1v) is 20.2. The van der Waals surface area contributed by atoms with Gasteiger partial charge in [0, 0.05) is 65.0 Å². The molecule has 5 aliphatic heterocycles. The second-order valence-electron chi connectivity index (χ2n) is 17.4. The molecule has 15 nitrogen and oxygen atoms in total. The molecule has 56 heavy (non-hydrogen) atoms. The van der Waals surface area contributed by atoms with E-state index in [0.717, 1.165) is 12.8 Å². The van der Waals surface area contributed by atoms with E-state index in [1.807, 2.05) is 27.7 Å². The number of carbonyl (C=O) groups excluding carboxylic acids is 1. The van der Waals surface area contributed by atoms with Gasteiger partial charge in [-0.05, 0) is 59.0 Å². The summed E-state index contributed by atoms with van der Waals surface area (Å²) in [5.41, 5.74) is -1.52. The highest BCUT2D eigenvalue weighted by Crippen LogP contribution is 2.57. The van der Waals surface area contributed by atoms with Crippen LogP contribution in [0.3, 0.4) is 0 Å². The number of methoxy groups -OCH3 is 4. The van der Waals surface area contributed by atoms with Gasteiger partial charge in [0.05, 0.1) is 61.0 Å². The summed E-state index contributed by atoms with van der Waals surface area (Å²) in [6, 6.07) is 0. The molecule has 0 amide bonds. The number of hydrogen-bond acceptors (Lipinski definition) is 14. The van der Waals surface area contributed by atoms with Crippen molar-refractivity contribution in [3.05, 3.63) is 11.6 Å². The number of aliphatic hydroxyl groups is 3. The highest BCUT2D eigenvalue weighted by Gasteiger charge is 2.69. The van der Waals surface area contributed by atoms with E-state index in [0.29, 0.717) is 24.8 Å². The normalized spacial score (nSPS) is 47.6. The van der Waals surface area contributed by atoms with Gasteiger partial charge in [-0.3, -0.25) is 4.79 Å². The van der Waals surface area contributed by atoms with Gasteiger partial charge in [-0.2, -0.15) is 0 Å². The number of ketones is 1. The first-order valence-electron chi connectivity index (χ1n) is 20.2. The van der Waals surface area contributed by atoms with E-state index in [9.17, 15) is 30.0 Å². The first kappa shape index (κ1) is 45.5. The van der Waals surface area contributed by atoms with Crippen molar-refractivity contribution in [3.8, 4) is 0 Å². The molecule has 15 heteroatoms. The summed E-state index contributed by atoms with van der Waals surface area (Å²) in [6.45, 7) is 14.6. The summed E-state index contributed by atoms with van der Waals surface area (Å²) in [7, 11) is 6.24. The molecule has 5 aliphatic rings. The Hall–Kier alpha value is -1.60. The number of allylic oxidation sites excluding steroid dienone is 1. The van der Waals surface area contributed by atoms with Crippen molar-refractivity contribution >= 4 is 11.8 Å². The number of carboxylic acids is 1. The van der Waals surface area contributed by atoms with Crippen LogP contribution in [-0.4, -0.2) is 151 Å². The Balaban J connectivity index is 1.36.